The third-order valence-electron chi connectivity index (χ3n) is 1.81. The van der Waals surface area contributed by atoms with Crippen LogP contribution >= 0.6 is 12.4 Å². The standard InChI is InChI=1S/C7H13NO.ClH/c1-5(2)7-3-6(9)4-8-7;/h5,7-8H,3-4H2,1-2H3;1H. The summed E-state index contributed by atoms with van der Waals surface area (Å²) in [7, 11) is 0. The van der Waals surface area contributed by atoms with Crippen LogP contribution in [-0.4, -0.2) is 18.4 Å². The molecule has 3 heteroatoms. The van der Waals surface area contributed by atoms with Crippen LogP contribution in [0, 0.1) is 5.92 Å². The van der Waals surface area contributed by atoms with Crippen LogP contribution in [0.5, 0.6) is 0 Å². The minimum absolute atomic E-state index is 0. The molecule has 1 fully saturated rings. The Hall–Kier alpha value is -0.0800. The second-order valence-corrected chi connectivity index (χ2v) is 2.97. The van der Waals surface area contributed by atoms with Crippen LogP contribution in [0.25, 0.3) is 0 Å². The molecule has 0 amide bonds. The Morgan fingerprint density at radius 2 is 2.20 bits per heavy atom. The van der Waals surface area contributed by atoms with E-state index in [1.807, 2.05) is 0 Å². The molecule has 0 aliphatic carbocycles. The Labute approximate surface area is 67.8 Å². The SMILES string of the molecule is CC(C)C1CC(=O)CN1.Cl. The van der Waals surface area contributed by atoms with E-state index in [9.17, 15) is 4.79 Å². The van der Waals surface area contributed by atoms with Gasteiger partial charge in [-0.2, -0.15) is 0 Å². The third-order valence-corrected chi connectivity index (χ3v) is 1.81. The fraction of sp³-hybridized carbons (Fsp3) is 0.857. The Balaban J connectivity index is 0.000000810. The van der Waals surface area contributed by atoms with Crippen molar-refractivity contribution in [1.82, 2.24) is 5.32 Å². The number of hydrogen-bond donors (Lipinski definition) is 1. The minimum Gasteiger partial charge on any atom is -0.307 e. The number of halogens is 1. The fourth-order valence-electron chi connectivity index (χ4n) is 1.11. The maximum atomic E-state index is 10.7. The molecule has 0 bridgehead atoms. The molecule has 1 unspecified atom stereocenters. The van der Waals surface area contributed by atoms with Gasteiger partial charge in [0.1, 0.15) is 5.78 Å². The summed E-state index contributed by atoms with van der Waals surface area (Å²) >= 11 is 0. The van der Waals surface area contributed by atoms with Gasteiger partial charge in [-0.3, -0.25) is 4.79 Å². The fourth-order valence-corrected chi connectivity index (χ4v) is 1.11. The van der Waals surface area contributed by atoms with Gasteiger partial charge in [-0.1, -0.05) is 13.8 Å². The average molecular weight is 164 g/mol. The number of rotatable bonds is 1. The van der Waals surface area contributed by atoms with E-state index < -0.39 is 0 Å². The predicted molar refractivity (Wildman–Crippen MR) is 43.5 cm³/mol. The molecule has 1 atom stereocenters. The van der Waals surface area contributed by atoms with Crippen LogP contribution < -0.4 is 5.32 Å². The van der Waals surface area contributed by atoms with E-state index in [2.05, 4.69) is 19.2 Å². The van der Waals surface area contributed by atoms with Crippen molar-refractivity contribution in [2.45, 2.75) is 26.3 Å². The smallest absolute Gasteiger partial charge is 0.148 e. The van der Waals surface area contributed by atoms with Gasteiger partial charge in [-0.25, -0.2) is 0 Å². The van der Waals surface area contributed by atoms with Crippen molar-refractivity contribution in [2.75, 3.05) is 6.54 Å². The van der Waals surface area contributed by atoms with Crippen molar-refractivity contribution < 1.29 is 4.79 Å². The van der Waals surface area contributed by atoms with E-state index in [0.29, 0.717) is 24.3 Å². The first-order valence-corrected chi connectivity index (χ1v) is 3.45. The first-order chi connectivity index (χ1) is 4.20. The van der Waals surface area contributed by atoms with Gasteiger partial charge in [0, 0.05) is 12.5 Å². The molecule has 10 heavy (non-hydrogen) atoms. The van der Waals surface area contributed by atoms with E-state index in [1.54, 1.807) is 0 Å². The summed E-state index contributed by atoms with van der Waals surface area (Å²) in [6.07, 6.45) is 0.734. The van der Waals surface area contributed by atoms with E-state index in [0.717, 1.165) is 6.42 Å². The topological polar surface area (TPSA) is 29.1 Å². The zero-order valence-corrected chi connectivity index (χ0v) is 7.20. The second-order valence-electron chi connectivity index (χ2n) is 2.97. The van der Waals surface area contributed by atoms with E-state index in [4.69, 9.17) is 0 Å². The van der Waals surface area contributed by atoms with Crippen LogP contribution in [-0.2, 0) is 4.79 Å². The molecule has 1 rings (SSSR count). The summed E-state index contributed by atoms with van der Waals surface area (Å²) < 4.78 is 0. The highest BCUT2D eigenvalue weighted by Gasteiger charge is 2.23. The molecule has 1 N–H and O–H groups in total. The molecule has 1 aliphatic heterocycles. The van der Waals surface area contributed by atoms with Crippen molar-refractivity contribution >= 4 is 18.2 Å². The van der Waals surface area contributed by atoms with Crippen molar-refractivity contribution in [2.24, 2.45) is 5.92 Å². The summed E-state index contributed by atoms with van der Waals surface area (Å²) in [6.45, 7) is 4.86. The van der Waals surface area contributed by atoms with Gasteiger partial charge in [0.25, 0.3) is 0 Å². The third kappa shape index (κ3) is 2.27. The molecule has 2 nitrogen and oxygen atoms in total. The van der Waals surface area contributed by atoms with E-state index in [1.165, 1.54) is 0 Å². The second kappa shape index (κ2) is 3.94. The maximum Gasteiger partial charge on any atom is 0.148 e. The Morgan fingerprint density at radius 1 is 1.60 bits per heavy atom. The quantitative estimate of drug-likeness (QED) is 0.625. The highest BCUT2D eigenvalue weighted by molar-refractivity contribution is 5.85. The van der Waals surface area contributed by atoms with Gasteiger partial charge in [-0.15, -0.1) is 12.4 Å². The summed E-state index contributed by atoms with van der Waals surface area (Å²) in [5, 5.41) is 3.16. The molecule has 1 heterocycles. The van der Waals surface area contributed by atoms with Crippen LogP contribution in [0.1, 0.15) is 20.3 Å². The monoisotopic (exact) mass is 163 g/mol. The molecule has 0 aromatic heterocycles. The normalized spacial score (nSPS) is 25.1. The van der Waals surface area contributed by atoms with Crippen LogP contribution in [0.15, 0.2) is 0 Å². The number of carbonyl (C=O) groups is 1. The lowest BCUT2D eigenvalue weighted by Gasteiger charge is -2.11. The van der Waals surface area contributed by atoms with Gasteiger partial charge < -0.3 is 5.32 Å². The molecular weight excluding hydrogens is 150 g/mol. The lowest BCUT2D eigenvalue weighted by Crippen LogP contribution is -2.26. The maximum absolute atomic E-state index is 10.7. The number of carbonyl (C=O) groups excluding carboxylic acids is 1. The molecule has 0 aromatic rings. The number of Topliss-reactive ketones (excluding diaryl/α,β-unsaturated/α-hetero) is 1. The zero-order valence-electron chi connectivity index (χ0n) is 6.39. The molecule has 1 aliphatic rings. The number of nitrogens with one attached hydrogen (secondary N) is 1. The van der Waals surface area contributed by atoms with Gasteiger partial charge in [0.2, 0.25) is 0 Å². The molecule has 0 spiro atoms. The Kier molecular flexibility index (Phi) is 3.91. The lowest BCUT2D eigenvalue weighted by molar-refractivity contribution is -0.116. The van der Waals surface area contributed by atoms with Crippen molar-refractivity contribution in [3.05, 3.63) is 0 Å². The van der Waals surface area contributed by atoms with Gasteiger partial charge in [-0.05, 0) is 5.92 Å². The van der Waals surface area contributed by atoms with E-state index >= 15 is 0 Å². The first kappa shape index (κ1) is 9.92. The summed E-state index contributed by atoms with van der Waals surface area (Å²) in [5.74, 6) is 0.949. The molecule has 0 saturated carbocycles. The summed E-state index contributed by atoms with van der Waals surface area (Å²) in [6, 6.07) is 0.442. The van der Waals surface area contributed by atoms with Crippen LogP contribution in [0.4, 0.5) is 0 Å². The highest BCUT2D eigenvalue weighted by atomic mass is 35.5. The predicted octanol–water partition coefficient (Wildman–Crippen LogP) is 0.995. The van der Waals surface area contributed by atoms with Gasteiger partial charge >= 0.3 is 0 Å². The van der Waals surface area contributed by atoms with Gasteiger partial charge in [0.15, 0.2) is 0 Å². The summed E-state index contributed by atoms with van der Waals surface area (Å²) in [5.41, 5.74) is 0. The van der Waals surface area contributed by atoms with Crippen molar-refractivity contribution in [1.29, 1.82) is 0 Å². The zero-order chi connectivity index (χ0) is 6.85. The Morgan fingerprint density at radius 3 is 2.40 bits per heavy atom. The largest absolute Gasteiger partial charge is 0.307 e. The summed E-state index contributed by atoms with van der Waals surface area (Å²) in [4.78, 5) is 10.7. The van der Waals surface area contributed by atoms with Crippen LogP contribution in [0.3, 0.4) is 0 Å². The molecule has 60 valence electrons. The lowest BCUT2D eigenvalue weighted by atomic mass is 10.0. The molecular formula is C7H14ClNO. The van der Waals surface area contributed by atoms with Crippen LogP contribution in [0.2, 0.25) is 0 Å². The average Bonchev–Trinajstić information content (AvgIpc) is 2.14. The first-order valence-electron chi connectivity index (χ1n) is 3.45. The minimum atomic E-state index is 0. The number of ketones is 1. The molecule has 0 aromatic carbocycles. The Bertz CT molecular complexity index is 125. The van der Waals surface area contributed by atoms with E-state index in [-0.39, 0.29) is 12.4 Å². The molecule has 0 radical (unpaired) electrons. The van der Waals surface area contributed by atoms with Gasteiger partial charge in [0.05, 0.1) is 6.54 Å². The molecule has 1 saturated heterocycles. The number of hydrogen-bond acceptors (Lipinski definition) is 2. The highest BCUT2D eigenvalue weighted by Crippen LogP contribution is 2.10. The van der Waals surface area contributed by atoms with Crippen molar-refractivity contribution in [3.63, 3.8) is 0 Å². The van der Waals surface area contributed by atoms with Crippen molar-refractivity contribution in [3.8, 4) is 0 Å².